The third-order valence-corrected chi connectivity index (χ3v) is 2.07. The highest BCUT2D eigenvalue weighted by molar-refractivity contribution is 4.66. The standard InChI is InChI=1S/C9H20N2O.C2H6/c1-9(2)12-8-7-11-5-3-10-4-6-11;1-2/h9-10H,3-8H2,1-2H3;1-2H3. The van der Waals surface area contributed by atoms with Crippen LogP contribution in [0.25, 0.3) is 0 Å². The molecule has 14 heavy (non-hydrogen) atoms. The first-order chi connectivity index (χ1) is 6.79. The number of hydrogen-bond acceptors (Lipinski definition) is 3. The second-order valence-electron chi connectivity index (χ2n) is 3.51. The lowest BCUT2D eigenvalue weighted by atomic mass is 10.3. The van der Waals surface area contributed by atoms with Crippen LogP contribution in [-0.4, -0.2) is 50.3 Å². The molecule has 1 saturated heterocycles. The van der Waals surface area contributed by atoms with Crippen LogP contribution in [0, 0.1) is 0 Å². The Morgan fingerprint density at radius 1 is 1.21 bits per heavy atom. The number of nitrogens with one attached hydrogen (secondary N) is 1. The molecule has 1 rings (SSSR count). The maximum absolute atomic E-state index is 5.48. The van der Waals surface area contributed by atoms with Crippen molar-refractivity contribution in [3.8, 4) is 0 Å². The van der Waals surface area contributed by atoms with Crippen molar-refractivity contribution >= 4 is 0 Å². The van der Waals surface area contributed by atoms with Crippen LogP contribution in [-0.2, 0) is 4.74 Å². The van der Waals surface area contributed by atoms with Crippen molar-refractivity contribution in [1.82, 2.24) is 10.2 Å². The van der Waals surface area contributed by atoms with Gasteiger partial charge in [-0.15, -0.1) is 0 Å². The van der Waals surface area contributed by atoms with E-state index in [1.807, 2.05) is 13.8 Å². The van der Waals surface area contributed by atoms with Gasteiger partial charge >= 0.3 is 0 Å². The van der Waals surface area contributed by atoms with Crippen LogP contribution in [0.15, 0.2) is 0 Å². The lowest BCUT2D eigenvalue weighted by molar-refractivity contribution is 0.0566. The Balaban J connectivity index is 0.000000791. The van der Waals surface area contributed by atoms with Crippen molar-refractivity contribution in [2.45, 2.75) is 33.8 Å². The van der Waals surface area contributed by atoms with Gasteiger partial charge < -0.3 is 10.1 Å². The lowest BCUT2D eigenvalue weighted by Gasteiger charge is -2.27. The summed E-state index contributed by atoms with van der Waals surface area (Å²) in [6.45, 7) is 14.7. The molecule has 86 valence electrons. The predicted molar refractivity (Wildman–Crippen MR) is 61.7 cm³/mol. The quantitative estimate of drug-likeness (QED) is 0.744. The van der Waals surface area contributed by atoms with Crippen LogP contribution < -0.4 is 5.32 Å². The van der Waals surface area contributed by atoms with Gasteiger partial charge in [-0.05, 0) is 13.8 Å². The lowest BCUT2D eigenvalue weighted by Crippen LogP contribution is -2.44. The van der Waals surface area contributed by atoms with E-state index in [1.54, 1.807) is 0 Å². The van der Waals surface area contributed by atoms with E-state index >= 15 is 0 Å². The van der Waals surface area contributed by atoms with Gasteiger partial charge in [0.15, 0.2) is 0 Å². The summed E-state index contributed by atoms with van der Waals surface area (Å²) in [5.74, 6) is 0. The molecule has 1 fully saturated rings. The highest BCUT2D eigenvalue weighted by atomic mass is 16.5. The first-order valence-corrected chi connectivity index (χ1v) is 5.83. The van der Waals surface area contributed by atoms with Crippen molar-refractivity contribution in [3.63, 3.8) is 0 Å². The van der Waals surface area contributed by atoms with E-state index in [0.717, 1.165) is 26.2 Å². The van der Waals surface area contributed by atoms with Crippen LogP contribution in [0.3, 0.4) is 0 Å². The number of rotatable bonds is 4. The Hall–Kier alpha value is -0.120. The first kappa shape index (κ1) is 13.9. The van der Waals surface area contributed by atoms with E-state index in [9.17, 15) is 0 Å². The van der Waals surface area contributed by atoms with Crippen molar-refractivity contribution in [1.29, 1.82) is 0 Å². The maximum Gasteiger partial charge on any atom is 0.0596 e. The number of nitrogens with zero attached hydrogens (tertiary/aromatic N) is 1. The van der Waals surface area contributed by atoms with Crippen molar-refractivity contribution in [2.75, 3.05) is 39.3 Å². The zero-order valence-corrected chi connectivity index (χ0v) is 10.2. The molecule has 0 unspecified atom stereocenters. The minimum absolute atomic E-state index is 0.368. The van der Waals surface area contributed by atoms with Crippen LogP contribution in [0.2, 0.25) is 0 Å². The molecule has 3 heteroatoms. The zero-order valence-electron chi connectivity index (χ0n) is 10.2. The molecule has 0 aromatic carbocycles. The molecule has 1 aliphatic rings. The Labute approximate surface area is 88.8 Å². The van der Waals surface area contributed by atoms with Gasteiger partial charge in [0, 0.05) is 32.7 Å². The third-order valence-electron chi connectivity index (χ3n) is 2.07. The Bertz CT molecular complexity index is 112. The molecule has 1 heterocycles. The van der Waals surface area contributed by atoms with Crippen LogP contribution in [0.4, 0.5) is 0 Å². The fourth-order valence-electron chi connectivity index (χ4n) is 1.35. The second-order valence-corrected chi connectivity index (χ2v) is 3.51. The monoisotopic (exact) mass is 202 g/mol. The van der Waals surface area contributed by atoms with E-state index in [4.69, 9.17) is 4.74 Å². The van der Waals surface area contributed by atoms with Gasteiger partial charge in [-0.25, -0.2) is 0 Å². The summed E-state index contributed by atoms with van der Waals surface area (Å²) in [4.78, 5) is 2.44. The summed E-state index contributed by atoms with van der Waals surface area (Å²) in [6.07, 6.45) is 0.368. The van der Waals surface area contributed by atoms with Gasteiger partial charge in [-0.1, -0.05) is 13.8 Å². The molecule has 0 amide bonds. The fourth-order valence-corrected chi connectivity index (χ4v) is 1.35. The minimum atomic E-state index is 0.368. The summed E-state index contributed by atoms with van der Waals surface area (Å²) in [7, 11) is 0. The van der Waals surface area contributed by atoms with Crippen molar-refractivity contribution in [3.05, 3.63) is 0 Å². The van der Waals surface area contributed by atoms with Gasteiger partial charge in [-0.3, -0.25) is 4.90 Å². The smallest absolute Gasteiger partial charge is 0.0596 e. The first-order valence-electron chi connectivity index (χ1n) is 5.83. The topological polar surface area (TPSA) is 24.5 Å². The van der Waals surface area contributed by atoms with Crippen LogP contribution in [0.5, 0.6) is 0 Å². The molecule has 1 N–H and O–H groups in total. The molecular weight excluding hydrogens is 176 g/mol. The zero-order chi connectivity index (χ0) is 10.8. The number of ether oxygens (including phenoxy) is 1. The Morgan fingerprint density at radius 2 is 1.79 bits per heavy atom. The maximum atomic E-state index is 5.48. The molecule has 0 saturated carbocycles. The summed E-state index contributed by atoms with van der Waals surface area (Å²) >= 11 is 0. The van der Waals surface area contributed by atoms with Crippen LogP contribution >= 0.6 is 0 Å². The molecule has 0 aliphatic carbocycles. The van der Waals surface area contributed by atoms with Gasteiger partial charge in [-0.2, -0.15) is 0 Å². The van der Waals surface area contributed by atoms with Crippen molar-refractivity contribution in [2.24, 2.45) is 0 Å². The number of hydrogen-bond donors (Lipinski definition) is 1. The van der Waals surface area contributed by atoms with E-state index in [1.165, 1.54) is 13.1 Å². The molecule has 0 aromatic rings. The molecular formula is C11H26N2O. The summed E-state index contributed by atoms with van der Waals surface area (Å²) < 4.78 is 5.48. The Kier molecular flexibility index (Phi) is 9.35. The van der Waals surface area contributed by atoms with Crippen LogP contribution in [0.1, 0.15) is 27.7 Å². The average molecular weight is 202 g/mol. The highest BCUT2D eigenvalue weighted by Crippen LogP contribution is 1.93. The molecule has 0 spiro atoms. The average Bonchev–Trinajstić information content (AvgIpc) is 2.22. The van der Waals surface area contributed by atoms with Gasteiger partial charge in [0.2, 0.25) is 0 Å². The minimum Gasteiger partial charge on any atom is -0.377 e. The molecule has 0 bridgehead atoms. The normalized spacial score (nSPS) is 17.8. The van der Waals surface area contributed by atoms with E-state index in [0.29, 0.717) is 6.10 Å². The number of piperazine rings is 1. The largest absolute Gasteiger partial charge is 0.377 e. The van der Waals surface area contributed by atoms with E-state index in [-0.39, 0.29) is 0 Å². The fraction of sp³-hybridized carbons (Fsp3) is 1.00. The van der Waals surface area contributed by atoms with E-state index in [2.05, 4.69) is 24.1 Å². The van der Waals surface area contributed by atoms with Gasteiger partial charge in [0.05, 0.1) is 12.7 Å². The summed E-state index contributed by atoms with van der Waals surface area (Å²) in [6, 6.07) is 0. The molecule has 0 aromatic heterocycles. The molecule has 3 nitrogen and oxygen atoms in total. The second kappa shape index (κ2) is 9.44. The molecule has 0 radical (unpaired) electrons. The SMILES string of the molecule is CC.CC(C)OCCN1CCNCC1. The summed E-state index contributed by atoms with van der Waals surface area (Å²) in [5.41, 5.74) is 0. The predicted octanol–water partition coefficient (Wildman–Crippen LogP) is 1.34. The van der Waals surface area contributed by atoms with Crippen molar-refractivity contribution < 1.29 is 4.74 Å². The Morgan fingerprint density at radius 3 is 2.29 bits per heavy atom. The molecule has 0 atom stereocenters. The third kappa shape index (κ3) is 7.30. The van der Waals surface area contributed by atoms with Gasteiger partial charge in [0.1, 0.15) is 0 Å². The highest BCUT2D eigenvalue weighted by Gasteiger charge is 2.08. The van der Waals surface area contributed by atoms with E-state index < -0.39 is 0 Å². The summed E-state index contributed by atoms with van der Waals surface area (Å²) in [5, 5.41) is 3.33. The molecule has 1 aliphatic heterocycles. The van der Waals surface area contributed by atoms with Gasteiger partial charge in [0.25, 0.3) is 0 Å².